The topological polar surface area (TPSA) is 9.23 Å². The number of halogens is 2. The van der Waals surface area contributed by atoms with E-state index in [0.717, 1.165) is 5.75 Å². The van der Waals surface area contributed by atoms with Crippen LogP contribution in [0.15, 0.2) is 74.6 Å². The first-order valence-corrected chi connectivity index (χ1v) is 19.7. The summed E-state index contributed by atoms with van der Waals surface area (Å²) in [7, 11) is 1.78. The van der Waals surface area contributed by atoms with Gasteiger partial charge in [0.15, 0.2) is 0 Å². The van der Waals surface area contributed by atoms with Gasteiger partial charge in [-0.25, -0.2) is 0 Å². The van der Waals surface area contributed by atoms with Gasteiger partial charge >= 0.3 is 191 Å². The average Bonchev–Trinajstić information content (AvgIpc) is 3.21. The zero-order valence-corrected chi connectivity index (χ0v) is 25.0. The van der Waals surface area contributed by atoms with E-state index in [1.807, 2.05) is 3.28 Å². The molecular weight excluding hydrogens is 531 g/mol. The molecule has 0 amide bonds. The van der Waals surface area contributed by atoms with Crippen molar-refractivity contribution in [3.8, 4) is 5.75 Å². The van der Waals surface area contributed by atoms with Gasteiger partial charge in [0.1, 0.15) is 0 Å². The van der Waals surface area contributed by atoms with E-state index in [9.17, 15) is 0 Å². The van der Waals surface area contributed by atoms with Crippen molar-refractivity contribution >= 4 is 11.0 Å². The molecule has 0 spiro atoms. The molecule has 0 heterocycles. The van der Waals surface area contributed by atoms with Gasteiger partial charge in [0.2, 0.25) is 0 Å². The van der Waals surface area contributed by atoms with E-state index in [-0.39, 0.29) is 30.2 Å². The molecule has 0 saturated carbocycles. The molecule has 0 radical (unpaired) electrons. The van der Waals surface area contributed by atoms with E-state index < -0.39 is 20.4 Å². The molecule has 2 aromatic rings. The zero-order valence-electron chi connectivity index (χ0n) is 20.0. The second-order valence-corrected chi connectivity index (χ2v) is 26.3. The average molecular weight is 563 g/mol. The fourth-order valence-electron chi connectivity index (χ4n) is 5.25. The van der Waals surface area contributed by atoms with Crippen LogP contribution in [0.5, 0.6) is 5.75 Å². The summed E-state index contributed by atoms with van der Waals surface area (Å²) in [5.74, 6) is 1.61. The third kappa shape index (κ3) is 4.56. The van der Waals surface area contributed by atoms with E-state index >= 15 is 0 Å². The molecule has 0 aromatic heterocycles. The molecule has 4 rings (SSSR count). The standard InChI is InChI=1S/C16H13O.C9H13.C2H6Si.2ClH.Zr/c1-17-16-9-5-4-8-15(16)14-11-10-12-6-2-3-7-13(12)14;1-6-5-7(2)9(4)8(6)3;1-3-2;;;/h2-11H,1H3;6H,1-4H3;1-2H3;2*1H;/q;;;;;+2/p-2. The number of para-hydroxylation sites is 1. The fraction of sp³-hybridized carbons (Fsp3) is 0.333. The first kappa shape index (κ1) is 27.4. The molecule has 5 heteroatoms. The summed E-state index contributed by atoms with van der Waals surface area (Å²) in [6, 6.07) is 17.6. The third-order valence-electron chi connectivity index (χ3n) is 7.10. The molecule has 2 aliphatic rings. The zero-order chi connectivity index (χ0) is 21.6. The Morgan fingerprint density at radius 3 is 2.00 bits per heavy atom. The Morgan fingerprint density at radius 1 is 0.844 bits per heavy atom. The number of rotatable bonds is 4. The Morgan fingerprint density at radius 2 is 1.44 bits per heavy atom. The van der Waals surface area contributed by atoms with E-state index in [0.29, 0.717) is 9.54 Å². The fourth-order valence-corrected chi connectivity index (χ4v) is 24.9. The normalized spacial score (nSPS) is 18.9. The van der Waals surface area contributed by atoms with Crippen LogP contribution in [-0.2, 0) is 20.4 Å². The molecule has 2 atom stereocenters. The molecule has 168 valence electrons. The molecule has 2 aromatic carbocycles. The first-order valence-electron chi connectivity index (χ1n) is 10.9. The van der Waals surface area contributed by atoms with Gasteiger partial charge in [-0.2, -0.15) is 0 Å². The SMILES string of the molecule is COc1ccccc1C1=C[CH]([Zr+2]([C]2=C(C)C(C)=C(C)C2C)=[Si](C)C)c2ccccc21.[Cl-].[Cl-]. The molecular formula is C27H32Cl2OSiZr. The smallest absolute Gasteiger partial charge is 1.00 e. The number of benzene rings is 2. The van der Waals surface area contributed by atoms with Crippen molar-refractivity contribution in [2.24, 2.45) is 5.92 Å². The maximum atomic E-state index is 5.74. The maximum Gasteiger partial charge on any atom is -1.00 e. The van der Waals surface area contributed by atoms with Gasteiger partial charge in [0, 0.05) is 0 Å². The number of fused-ring (bicyclic) bond motifs is 1. The number of hydrogen-bond donors (Lipinski definition) is 0. The van der Waals surface area contributed by atoms with E-state index in [4.69, 9.17) is 4.74 Å². The second kappa shape index (κ2) is 11.0. The Kier molecular flexibility index (Phi) is 9.45. The Labute approximate surface area is 214 Å². The molecule has 0 saturated heterocycles. The largest absolute Gasteiger partial charge is 1.00 e. The molecule has 32 heavy (non-hydrogen) atoms. The predicted octanol–water partition coefficient (Wildman–Crippen LogP) is 1.32. The van der Waals surface area contributed by atoms with Crippen molar-refractivity contribution in [3.05, 3.63) is 91.3 Å². The second-order valence-electron chi connectivity index (χ2n) is 8.83. The van der Waals surface area contributed by atoms with Crippen LogP contribution in [-0.4, -0.2) is 12.5 Å². The minimum absolute atomic E-state index is 0. The van der Waals surface area contributed by atoms with Gasteiger partial charge in [-0.1, -0.05) is 0 Å². The molecule has 0 aliphatic heterocycles. The quantitative estimate of drug-likeness (QED) is 0.511. The molecule has 0 bridgehead atoms. The third-order valence-corrected chi connectivity index (χ3v) is 25.7. The van der Waals surface area contributed by atoms with Gasteiger partial charge in [0.05, 0.1) is 0 Å². The monoisotopic (exact) mass is 560 g/mol. The van der Waals surface area contributed by atoms with Gasteiger partial charge in [0.25, 0.3) is 0 Å². The number of methoxy groups -OCH3 is 1. The van der Waals surface area contributed by atoms with Crippen LogP contribution in [0.25, 0.3) is 5.57 Å². The van der Waals surface area contributed by atoms with Crippen molar-refractivity contribution in [1.29, 1.82) is 0 Å². The summed E-state index contributed by atoms with van der Waals surface area (Å²) in [5.41, 5.74) is 9.99. The van der Waals surface area contributed by atoms with Gasteiger partial charge < -0.3 is 24.8 Å². The van der Waals surface area contributed by atoms with Crippen LogP contribution in [0, 0.1) is 5.92 Å². The molecule has 0 N–H and O–H groups in total. The van der Waals surface area contributed by atoms with Gasteiger partial charge in [-0.3, -0.25) is 0 Å². The van der Waals surface area contributed by atoms with Crippen molar-refractivity contribution in [3.63, 3.8) is 0 Å². The van der Waals surface area contributed by atoms with Crippen LogP contribution in [0.3, 0.4) is 0 Å². The minimum atomic E-state index is -1.95. The van der Waals surface area contributed by atoms with Crippen LogP contribution < -0.4 is 29.6 Å². The summed E-state index contributed by atoms with van der Waals surface area (Å²) >= 11 is -1.95. The van der Waals surface area contributed by atoms with Crippen LogP contribution in [0.1, 0.15) is 48.0 Å². The maximum absolute atomic E-state index is 5.74. The van der Waals surface area contributed by atoms with Crippen molar-refractivity contribution in [1.82, 2.24) is 0 Å². The van der Waals surface area contributed by atoms with E-state index in [2.05, 4.69) is 95.4 Å². The summed E-state index contributed by atoms with van der Waals surface area (Å²) in [4.78, 5) is 0. The van der Waals surface area contributed by atoms with E-state index in [1.165, 1.54) is 16.7 Å². The van der Waals surface area contributed by atoms with Crippen LogP contribution >= 0.6 is 0 Å². The summed E-state index contributed by atoms with van der Waals surface area (Å²) in [6.07, 6.45) is 2.63. The van der Waals surface area contributed by atoms with Gasteiger partial charge in [-0.15, -0.1) is 0 Å². The molecule has 0 fully saturated rings. The van der Waals surface area contributed by atoms with Gasteiger partial charge in [-0.05, 0) is 0 Å². The Bertz CT molecular complexity index is 1160. The van der Waals surface area contributed by atoms with Crippen molar-refractivity contribution in [2.45, 2.75) is 44.4 Å². The Hall–Kier alpha value is -0.860. The predicted molar refractivity (Wildman–Crippen MR) is 127 cm³/mol. The van der Waals surface area contributed by atoms with Crippen LogP contribution in [0.2, 0.25) is 13.1 Å². The molecule has 2 unspecified atom stereocenters. The minimum Gasteiger partial charge on any atom is -1.00 e. The Balaban J connectivity index is 0.00000181. The summed E-state index contributed by atoms with van der Waals surface area (Å²) < 4.78 is 8.25. The van der Waals surface area contributed by atoms with E-state index in [1.54, 1.807) is 29.4 Å². The first-order chi connectivity index (χ1) is 14.4. The van der Waals surface area contributed by atoms with Crippen molar-refractivity contribution in [2.75, 3.05) is 7.11 Å². The van der Waals surface area contributed by atoms with Crippen molar-refractivity contribution < 1.29 is 49.9 Å². The number of allylic oxidation sites excluding steroid dienone is 5. The molecule has 2 aliphatic carbocycles. The number of hydrogen-bond acceptors (Lipinski definition) is 1. The number of ether oxygens (including phenoxy) is 1. The van der Waals surface area contributed by atoms with Crippen LogP contribution in [0.4, 0.5) is 0 Å². The summed E-state index contributed by atoms with van der Waals surface area (Å²) in [6.45, 7) is 14.7. The summed E-state index contributed by atoms with van der Waals surface area (Å²) in [5, 5.41) is 0. The molecule has 1 nitrogen and oxygen atoms in total.